The molecular formula is C23H43N3O4. The van der Waals surface area contributed by atoms with E-state index in [2.05, 4.69) is 22.0 Å². The van der Waals surface area contributed by atoms with Crippen molar-refractivity contribution >= 4 is 12.1 Å². The minimum absolute atomic E-state index is 0.0508. The fraction of sp³-hybridized carbons (Fsp3) is 0.913. The molecule has 2 saturated heterocycles. The van der Waals surface area contributed by atoms with Crippen molar-refractivity contribution in [1.82, 2.24) is 15.1 Å². The number of piperidine rings is 2. The number of nitrogens with zero attached hydrogens (tertiary/aromatic N) is 2. The number of carbonyl (C=O) groups excluding carboxylic acids is 2. The van der Waals surface area contributed by atoms with E-state index >= 15 is 0 Å². The first-order chi connectivity index (χ1) is 13.8. The number of likely N-dealkylation sites (tertiary alicyclic amines) is 2. The summed E-state index contributed by atoms with van der Waals surface area (Å²) in [5, 5.41) is 3.00. The topological polar surface area (TPSA) is 71.1 Å². The average molecular weight is 426 g/mol. The summed E-state index contributed by atoms with van der Waals surface area (Å²) in [5.74, 6) is -0.100. The van der Waals surface area contributed by atoms with Crippen molar-refractivity contribution < 1.29 is 19.1 Å². The maximum atomic E-state index is 12.1. The number of amides is 1. The monoisotopic (exact) mass is 425 g/mol. The second-order valence-electron chi connectivity index (χ2n) is 11.0. The molecule has 0 saturated carbocycles. The van der Waals surface area contributed by atoms with Crippen molar-refractivity contribution in [2.75, 3.05) is 32.7 Å². The van der Waals surface area contributed by atoms with Gasteiger partial charge < -0.3 is 19.7 Å². The predicted molar refractivity (Wildman–Crippen MR) is 118 cm³/mol. The normalized spacial score (nSPS) is 21.8. The maximum absolute atomic E-state index is 12.1. The van der Waals surface area contributed by atoms with Gasteiger partial charge in [0.2, 0.25) is 0 Å². The number of hydrogen-bond donors (Lipinski definition) is 1. The molecule has 0 unspecified atom stereocenters. The molecule has 0 bridgehead atoms. The van der Waals surface area contributed by atoms with Gasteiger partial charge in [0.15, 0.2) is 0 Å². The lowest BCUT2D eigenvalue weighted by atomic mass is 9.97. The first-order valence-electron chi connectivity index (χ1n) is 11.5. The van der Waals surface area contributed by atoms with Crippen molar-refractivity contribution in [3.05, 3.63) is 0 Å². The van der Waals surface area contributed by atoms with Crippen LogP contribution in [-0.2, 0) is 14.3 Å². The number of ether oxygens (including phenoxy) is 2. The fourth-order valence-corrected chi connectivity index (χ4v) is 3.99. The third-order valence-corrected chi connectivity index (χ3v) is 5.82. The summed E-state index contributed by atoms with van der Waals surface area (Å²) < 4.78 is 11.0. The van der Waals surface area contributed by atoms with E-state index < -0.39 is 11.0 Å². The van der Waals surface area contributed by atoms with Gasteiger partial charge in [-0.1, -0.05) is 0 Å². The molecule has 0 radical (unpaired) electrons. The highest BCUT2D eigenvalue weighted by atomic mass is 16.6. The van der Waals surface area contributed by atoms with Crippen LogP contribution in [0.2, 0.25) is 0 Å². The van der Waals surface area contributed by atoms with Gasteiger partial charge in [-0.2, -0.15) is 0 Å². The fourth-order valence-electron chi connectivity index (χ4n) is 3.99. The van der Waals surface area contributed by atoms with Gasteiger partial charge in [0.05, 0.1) is 5.41 Å². The Balaban J connectivity index is 1.66. The molecule has 0 spiro atoms. The molecule has 0 aromatic heterocycles. The lowest BCUT2D eigenvalue weighted by molar-refractivity contribution is -0.161. The van der Waals surface area contributed by atoms with Crippen molar-refractivity contribution in [3.63, 3.8) is 0 Å². The van der Waals surface area contributed by atoms with Gasteiger partial charge in [-0.3, -0.25) is 9.69 Å². The molecular weight excluding hydrogens is 382 g/mol. The Morgan fingerprint density at radius 3 is 2.03 bits per heavy atom. The Kier molecular flexibility index (Phi) is 8.57. The number of rotatable bonds is 5. The summed E-state index contributed by atoms with van der Waals surface area (Å²) in [5.41, 5.74) is -0.895. The van der Waals surface area contributed by atoms with Crippen LogP contribution in [-0.4, -0.2) is 78.4 Å². The van der Waals surface area contributed by atoms with Crippen LogP contribution in [0.1, 0.15) is 74.1 Å². The number of carbonyl (C=O) groups is 2. The van der Waals surface area contributed by atoms with Crippen LogP contribution < -0.4 is 5.32 Å². The van der Waals surface area contributed by atoms with Crippen LogP contribution in [0, 0.1) is 5.41 Å². The molecule has 0 aliphatic carbocycles. The molecule has 2 rings (SSSR count). The summed E-state index contributed by atoms with van der Waals surface area (Å²) in [7, 11) is 0. The number of nitrogens with one attached hydrogen (secondary N) is 1. The third kappa shape index (κ3) is 8.42. The number of hydrogen-bond acceptors (Lipinski definition) is 6. The average Bonchev–Trinajstić information content (AvgIpc) is 2.61. The van der Waals surface area contributed by atoms with Gasteiger partial charge >= 0.3 is 12.1 Å². The third-order valence-electron chi connectivity index (χ3n) is 5.82. The molecule has 30 heavy (non-hydrogen) atoms. The molecule has 2 aliphatic rings. The minimum Gasteiger partial charge on any atom is -0.462 e. The summed E-state index contributed by atoms with van der Waals surface area (Å²) >= 11 is 0. The van der Waals surface area contributed by atoms with Crippen molar-refractivity contribution in [2.45, 2.75) is 97.9 Å². The van der Waals surface area contributed by atoms with E-state index in [-0.39, 0.29) is 24.2 Å². The van der Waals surface area contributed by atoms with Crippen molar-refractivity contribution in [1.29, 1.82) is 0 Å². The lowest BCUT2D eigenvalue weighted by Crippen LogP contribution is -2.51. The summed E-state index contributed by atoms with van der Waals surface area (Å²) in [6.07, 6.45) is 3.47. The zero-order chi connectivity index (χ0) is 22.5. The van der Waals surface area contributed by atoms with Gasteiger partial charge in [-0.25, -0.2) is 4.79 Å². The van der Waals surface area contributed by atoms with E-state index in [0.29, 0.717) is 6.04 Å². The molecule has 1 atom stereocenters. The van der Waals surface area contributed by atoms with E-state index in [1.165, 1.54) is 0 Å². The second-order valence-corrected chi connectivity index (χ2v) is 11.0. The molecule has 7 heteroatoms. The van der Waals surface area contributed by atoms with Crippen LogP contribution in [0.5, 0.6) is 0 Å². The standard InChI is InChI=1S/C23H43N3O4/c1-17(26-14-10-19(11-15-26)29-20(27)22(2,3)4)16-25-12-8-18(9-13-25)24-21(28)30-23(5,6)7/h17-19H,8-16H2,1-7H3,(H,24,28)/t17-/m0/s1. The lowest BCUT2D eigenvalue weighted by Gasteiger charge is -2.40. The Labute approximate surface area is 182 Å². The van der Waals surface area contributed by atoms with Crippen LogP contribution in [0.4, 0.5) is 4.79 Å². The summed E-state index contributed by atoms with van der Waals surface area (Å²) in [6, 6.07) is 0.666. The van der Waals surface area contributed by atoms with Crippen LogP contribution in [0.15, 0.2) is 0 Å². The highest BCUT2D eigenvalue weighted by molar-refractivity contribution is 5.75. The largest absolute Gasteiger partial charge is 0.462 e. The number of alkyl carbamates (subject to hydrolysis) is 1. The van der Waals surface area contributed by atoms with Gasteiger partial charge in [0, 0.05) is 44.8 Å². The SMILES string of the molecule is C[C@@H](CN1CCC(NC(=O)OC(C)(C)C)CC1)N1CCC(OC(=O)C(C)(C)C)CC1. The molecule has 0 aromatic carbocycles. The molecule has 2 fully saturated rings. The molecule has 174 valence electrons. The zero-order valence-electron chi connectivity index (χ0n) is 20.1. The smallest absolute Gasteiger partial charge is 0.407 e. The summed E-state index contributed by atoms with van der Waals surface area (Å²) in [4.78, 5) is 29.0. The van der Waals surface area contributed by atoms with E-state index in [1.54, 1.807) is 0 Å². The van der Waals surface area contributed by atoms with Crippen LogP contribution >= 0.6 is 0 Å². The van der Waals surface area contributed by atoms with Crippen LogP contribution in [0.25, 0.3) is 0 Å². The van der Waals surface area contributed by atoms with Crippen LogP contribution in [0.3, 0.4) is 0 Å². The van der Waals surface area contributed by atoms with E-state index in [4.69, 9.17) is 9.47 Å². The molecule has 0 aromatic rings. The predicted octanol–water partition coefficient (Wildman–Crippen LogP) is 3.42. The Hall–Kier alpha value is -1.34. The molecule has 7 nitrogen and oxygen atoms in total. The van der Waals surface area contributed by atoms with Gasteiger partial charge in [0.1, 0.15) is 11.7 Å². The molecule has 2 aliphatic heterocycles. The maximum Gasteiger partial charge on any atom is 0.407 e. The quantitative estimate of drug-likeness (QED) is 0.681. The Bertz CT molecular complexity index is 566. The van der Waals surface area contributed by atoms with Crippen molar-refractivity contribution in [3.8, 4) is 0 Å². The van der Waals surface area contributed by atoms with Gasteiger partial charge in [-0.05, 0) is 74.1 Å². The molecule has 2 heterocycles. The number of esters is 1. The second kappa shape index (κ2) is 10.3. The van der Waals surface area contributed by atoms with E-state index in [9.17, 15) is 9.59 Å². The Morgan fingerprint density at radius 1 is 0.967 bits per heavy atom. The Morgan fingerprint density at radius 2 is 1.53 bits per heavy atom. The molecule has 1 N–H and O–H groups in total. The van der Waals surface area contributed by atoms with E-state index in [1.807, 2.05) is 41.5 Å². The highest BCUT2D eigenvalue weighted by Gasteiger charge is 2.31. The van der Waals surface area contributed by atoms with Gasteiger partial charge in [0.25, 0.3) is 0 Å². The van der Waals surface area contributed by atoms with Gasteiger partial charge in [-0.15, -0.1) is 0 Å². The van der Waals surface area contributed by atoms with E-state index in [0.717, 1.165) is 58.4 Å². The minimum atomic E-state index is -0.460. The zero-order valence-corrected chi connectivity index (χ0v) is 20.1. The first kappa shape index (κ1) is 24.9. The summed E-state index contributed by atoms with van der Waals surface area (Å²) in [6.45, 7) is 18.6. The van der Waals surface area contributed by atoms with Crippen molar-refractivity contribution in [2.24, 2.45) is 5.41 Å². The first-order valence-corrected chi connectivity index (χ1v) is 11.5. The molecule has 1 amide bonds. The highest BCUT2D eigenvalue weighted by Crippen LogP contribution is 2.22.